The van der Waals surface area contributed by atoms with Gasteiger partial charge in [0.15, 0.2) is 0 Å². The van der Waals surface area contributed by atoms with E-state index in [1.165, 1.54) is 0 Å². The number of carbonyl (C=O) groups excluding carboxylic acids is 1. The van der Waals surface area contributed by atoms with Gasteiger partial charge in [-0.2, -0.15) is 0 Å². The molecule has 14 heavy (non-hydrogen) atoms. The standard InChI is InChI=1S/C10H19NO3/c1-2-3-6-14-8-10(13)11-5-4-9(12)7-11/h9,12H,2-8H2,1H3/t9-/m1/s1. The lowest BCUT2D eigenvalue weighted by Gasteiger charge is -2.15. The van der Waals surface area contributed by atoms with Gasteiger partial charge >= 0.3 is 0 Å². The van der Waals surface area contributed by atoms with Crippen LogP contribution in [0, 0.1) is 0 Å². The number of β-amino-alcohol motifs (C(OH)–C–C–N with tert-alkyl or cyclic N) is 1. The van der Waals surface area contributed by atoms with Crippen molar-refractivity contribution in [3.63, 3.8) is 0 Å². The number of nitrogens with zero attached hydrogens (tertiary/aromatic N) is 1. The zero-order chi connectivity index (χ0) is 10.4. The van der Waals surface area contributed by atoms with Crippen LogP contribution in [0.2, 0.25) is 0 Å². The van der Waals surface area contributed by atoms with Crippen LogP contribution in [0.5, 0.6) is 0 Å². The van der Waals surface area contributed by atoms with Gasteiger partial charge in [-0.1, -0.05) is 13.3 Å². The van der Waals surface area contributed by atoms with Crippen molar-refractivity contribution in [1.29, 1.82) is 0 Å². The van der Waals surface area contributed by atoms with Crippen LogP contribution < -0.4 is 0 Å². The zero-order valence-corrected chi connectivity index (χ0v) is 8.74. The van der Waals surface area contributed by atoms with Crippen LogP contribution in [-0.2, 0) is 9.53 Å². The monoisotopic (exact) mass is 201 g/mol. The number of ether oxygens (including phenoxy) is 1. The van der Waals surface area contributed by atoms with Crippen molar-refractivity contribution in [2.45, 2.75) is 32.3 Å². The van der Waals surface area contributed by atoms with Gasteiger partial charge in [-0.15, -0.1) is 0 Å². The molecule has 0 bridgehead atoms. The maximum Gasteiger partial charge on any atom is 0.248 e. The number of unbranched alkanes of at least 4 members (excludes halogenated alkanes) is 1. The normalized spacial score (nSPS) is 21.6. The summed E-state index contributed by atoms with van der Waals surface area (Å²) in [5.41, 5.74) is 0. The van der Waals surface area contributed by atoms with E-state index in [1.807, 2.05) is 0 Å². The average Bonchev–Trinajstić information content (AvgIpc) is 2.59. The number of hydrogen-bond acceptors (Lipinski definition) is 3. The van der Waals surface area contributed by atoms with E-state index < -0.39 is 0 Å². The van der Waals surface area contributed by atoms with Crippen molar-refractivity contribution in [2.75, 3.05) is 26.3 Å². The summed E-state index contributed by atoms with van der Waals surface area (Å²) >= 11 is 0. The molecule has 1 aliphatic heterocycles. The third kappa shape index (κ3) is 3.64. The van der Waals surface area contributed by atoms with Crippen molar-refractivity contribution >= 4 is 5.91 Å². The zero-order valence-electron chi connectivity index (χ0n) is 8.74. The van der Waals surface area contributed by atoms with Gasteiger partial charge in [0.2, 0.25) is 5.91 Å². The average molecular weight is 201 g/mol. The maximum atomic E-state index is 11.4. The summed E-state index contributed by atoms with van der Waals surface area (Å²) in [6, 6.07) is 0. The lowest BCUT2D eigenvalue weighted by atomic mass is 10.3. The first-order chi connectivity index (χ1) is 6.74. The third-order valence-corrected chi connectivity index (χ3v) is 2.38. The van der Waals surface area contributed by atoms with E-state index in [9.17, 15) is 9.90 Å². The molecule has 1 fully saturated rings. The van der Waals surface area contributed by atoms with Crippen molar-refractivity contribution in [2.24, 2.45) is 0 Å². The Morgan fingerprint density at radius 2 is 2.43 bits per heavy atom. The first kappa shape index (κ1) is 11.5. The minimum Gasteiger partial charge on any atom is -0.391 e. The summed E-state index contributed by atoms with van der Waals surface area (Å²) in [4.78, 5) is 13.1. The molecular formula is C10H19NO3. The molecule has 0 aromatic rings. The minimum atomic E-state index is -0.338. The molecule has 0 aromatic carbocycles. The van der Waals surface area contributed by atoms with E-state index in [0.717, 1.165) is 12.8 Å². The van der Waals surface area contributed by atoms with Gasteiger partial charge in [0.05, 0.1) is 6.10 Å². The predicted octanol–water partition coefficient (Wildman–Crippen LogP) is 0.396. The van der Waals surface area contributed by atoms with Gasteiger partial charge < -0.3 is 14.7 Å². The summed E-state index contributed by atoms with van der Waals surface area (Å²) in [6.07, 6.45) is 2.43. The lowest BCUT2D eigenvalue weighted by Crippen LogP contribution is -2.32. The Bertz CT molecular complexity index is 184. The molecule has 1 saturated heterocycles. The molecule has 1 atom stereocenters. The highest BCUT2D eigenvalue weighted by molar-refractivity contribution is 5.77. The van der Waals surface area contributed by atoms with Gasteiger partial charge in [-0.3, -0.25) is 4.79 Å². The summed E-state index contributed by atoms with van der Waals surface area (Å²) in [6.45, 7) is 4.03. The number of amides is 1. The molecule has 4 nitrogen and oxygen atoms in total. The van der Waals surface area contributed by atoms with E-state index >= 15 is 0 Å². The Morgan fingerprint density at radius 1 is 1.64 bits per heavy atom. The number of rotatable bonds is 5. The van der Waals surface area contributed by atoms with E-state index in [0.29, 0.717) is 26.1 Å². The van der Waals surface area contributed by atoms with E-state index in [-0.39, 0.29) is 18.6 Å². The van der Waals surface area contributed by atoms with Gasteiger partial charge in [0, 0.05) is 19.7 Å². The first-order valence-electron chi connectivity index (χ1n) is 5.27. The molecule has 82 valence electrons. The van der Waals surface area contributed by atoms with Gasteiger partial charge in [0.1, 0.15) is 6.61 Å². The maximum absolute atomic E-state index is 11.4. The van der Waals surface area contributed by atoms with Crippen molar-refractivity contribution < 1.29 is 14.6 Å². The third-order valence-electron chi connectivity index (χ3n) is 2.38. The molecule has 0 aromatic heterocycles. The van der Waals surface area contributed by atoms with E-state index in [1.54, 1.807) is 4.90 Å². The predicted molar refractivity (Wildman–Crippen MR) is 52.9 cm³/mol. The number of aliphatic hydroxyl groups is 1. The molecule has 0 radical (unpaired) electrons. The largest absolute Gasteiger partial charge is 0.391 e. The van der Waals surface area contributed by atoms with Crippen LogP contribution in [-0.4, -0.2) is 48.3 Å². The Labute approximate surface area is 84.8 Å². The van der Waals surface area contributed by atoms with E-state index in [2.05, 4.69) is 6.92 Å². The van der Waals surface area contributed by atoms with Gasteiger partial charge in [-0.05, 0) is 12.8 Å². The topological polar surface area (TPSA) is 49.8 Å². The number of aliphatic hydroxyl groups excluding tert-OH is 1. The Hall–Kier alpha value is -0.610. The van der Waals surface area contributed by atoms with Crippen LogP contribution in [0.1, 0.15) is 26.2 Å². The quantitative estimate of drug-likeness (QED) is 0.655. The molecule has 0 aliphatic carbocycles. The van der Waals surface area contributed by atoms with Crippen LogP contribution in [0.3, 0.4) is 0 Å². The second-order valence-corrected chi connectivity index (χ2v) is 3.69. The van der Waals surface area contributed by atoms with Crippen LogP contribution in [0.4, 0.5) is 0 Å². The molecule has 0 saturated carbocycles. The van der Waals surface area contributed by atoms with Crippen molar-refractivity contribution in [1.82, 2.24) is 4.90 Å². The molecule has 1 amide bonds. The van der Waals surface area contributed by atoms with Gasteiger partial charge in [-0.25, -0.2) is 0 Å². The molecule has 1 heterocycles. The van der Waals surface area contributed by atoms with Crippen LogP contribution in [0.25, 0.3) is 0 Å². The van der Waals surface area contributed by atoms with Crippen LogP contribution in [0.15, 0.2) is 0 Å². The summed E-state index contributed by atoms with van der Waals surface area (Å²) in [7, 11) is 0. The number of carbonyl (C=O) groups is 1. The SMILES string of the molecule is CCCCOCC(=O)N1CC[C@@H](O)C1. The minimum absolute atomic E-state index is 0.00217. The summed E-state index contributed by atoms with van der Waals surface area (Å²) in [5.74, 6) is -0.00217. The Morgan fingerprint density at radius 3 is 3.00 bits per heavy atom. The Kier molecular flexibility index (Phi) is 4.90. The number of likely N-dealkylation sites (tertiary alicyclic amines) is 1. The lowest BCUT2D eigenvalue weighted by molar-refractivity contribution is -0.135. The fraction of sp³-hybridized carbons (Fsp3) is 0.900. The second-order valence-electron chi connectivity index (χ2n) is 3.69. The molecule has 0 unspecified atom stereocenters. The Balaban J connectivity index is 2.09. The highest BCUT2D eigenvalue weighted by atomic mass is 16.5. The molecule has 1 rings (SSSR count). The molecule has 1 aliphatic rings. The highest BCUT2D eigenvalue weighted by Crippen LogP contribution is 2.08. The summed E-state index contributed by atoms with van der Waals surface area (Å²) < 4.78 is 5.21. The van der Waals surface area contributed by atoms with Crippen LogP contribution >= 0.6 is 0 Å². The van der Waals surface area contributed by atoms with Crippen molar-refractivity contribution in [3.8, 4) is 0 Å². The summed E-state index contributed by atoms with van der Waals surface area (Å²) in [5, 5.41) is 9.22. The molecular weight excluding hydrogens is 182 g/mol. The van der Waals surface area contributed by atoms with Gasteiger partial charge in [0.25, 0.3) is 0 Å². The second kappa shape index (κ2) is 5.98. The molecule has 1 N–H and O–H groups in total. The first-order valence-corrected chi connectivity index (χ1v) is 5.27. The fourth-order valence-corrected chi connectivity index (χ4v) is 1.47. The van der Waals surface area contributed by atoms with Crippen molar-refractivity contribution in [3.05, 3.63) is 0 Å². The van der Waals surface area contributed by atoms with E-state index in [4.69, 9.17) is 4.74 Å². The number of hydrogen-bond donors (Lipinski definition) is 1. The molecule has 0 spiro atoms. The molecule has 4 heteroatoms. The highest BCUT2D eigenvalue weighted by Gasteiger charge is 2.23. The fourth-order valence-electron chi connectivity index (χ4n) is 1.47. The smallest absolute Gasteiger partial charge is 0.248 e.